The number of methoxy groups -OCH3 is 1. The van der Waals surface area contributed by atoms with E-state index in [2.05, 4.69) is 35.5 Å². The predicted octanol–water partition coefficient (Wildman–Crippen LogP) is -2.78. The van der Waals surface area contributed by atoms with Gasteiger partial charge in [0, 0.05) is 0 Å². The van der Waals surface area contributed by atoms with E-state index < -0.39 is 21.2 Å². The Morgan fingerprint density at radius 2 is 1.96 bits per heavy atom. The Morgan fingerprint density at radius 3 is 2.72 bits per heavy atom. The normalized spacial score (nSPS) is 10.4. The second-order valence-electron chi connectivity index (χ2n) is 4.48. The summed E-state index contributed by atoms with van der Waals surface area (Å²) in [7, 11) is 1.56. The van der Waals surface area contributed by atoms with Crippen molar-refractivity contribution in [2.24, 2.45) is 0 Å². The van der Waals surface area contributed by atoms with Gasteiger partial charge in [-0.3, -0.25) is 0 Å². The molecule has 0 aliphatic carbocycles. The molecule has 3 aromatic heterocycles. The first-order chi connectivity index (χ1) is 12.2. The summed E-state index contributed by atoms with van der Waals surface area (Å²) in [6.45, 7) is 0.171. The molecule has 0 saturated carbocycles. The maximum atomic E-state index is 5.64. The number of halogens is 1. The van der Waals surface area contributed by atoms with Crippen molar-refractivity contribution < 1.29 is 30.7 Å². The van der Waals surface area contributed by atoms with Gasteiger partial charge in [0.1, 0.15) is 0 Å². The van der Waals surface area contributed by atoms with Crippen molar-refractivity contribution in [3.05, 3.63) is 44.3 Å². The van der Waals surface area contributed by atoms with E-state index >= 15 is 0 Å². The van der Waals surface area contributed by atoms with Crippen LogP contribution in [0.5, 0.6) is 11.6 Å². The Kier molecular flexibility index (Phi) is 5.66. The maximum absolute atomic E-state index is 5.64. The fourth-order valence-electron chi connectivity index (χ4n) is 1.66. The van der Waals surface area contributed by atoms with Crippen LogP contribution in [0.3, 0.4) is 0 Å². The van der Waals surface area contributed by atoms with Gasteiger partial charge in [-0.2, -0.15) is 0 Å². The summed E-state index contributed by atoms with van der Waals surface area (Å²) in [4.78, 5) is 16.5. The first-order valence-corrected chi connectivity index (χ1v) is 9.16. The van der Waals surface area contributed by atoms with Crippen molar-refractivity contribution in [2.45, 2.75) is 0 Å². The summed E-state index contributed by atoms with van der Waals surface area (Å²) in [5.41, 5.74) is 5.64. The van der Waals surface area contributed by atoms with Crippen molar-refractivity contribution in [1.82, 2.24) is 30.1 Å². The molecule has 0 amide bonds. The molecule has 0 spiro atoms. The first-order valence-electron chi connectivity index (χ1n) is 7.01. The standard InChI is InChI=1S/C14H14IN8O2/c1-24-10-5-17-14(18-6-10)21-8-25-13-3-11(19-7-20-13)15-9-2-12(16)23-22-4-9/h2-7H,8H2,1H3,(H2,16,23)(H,17,18,21)/q-1. The van der Waals surface area contributed by atoms with Gasteiger partial charge in [0.25, 0.3) is 0 Å². The van der Waals surface area contributed by atoms with E-state index in [0.29, 0.717) is 23.4 Å². The van der Waals surface area contributed by atoms with Crippen LogP contribution in [-0.2, 0) is 0 Å². The van der Waals surface area contributed by atoms with Gasteiger partial charge < -0.3 is 0 Å². The van der Waals surface area contributed by atoms with Gasteiger partial charge in [-0.1, -0.05) is 0 Å². The molecule has 0 unspecified atom stereocenters. The molecule has 10 nitrogen and oxygen atoms in total. The first kappa shape index (κ1) is 17.0. The molecule has 0 bridgehead atoms. The van der Waals surface area contributed by atoms with Crippen molar-refractivity contribution in [3.63, 3.8) is 0 Å². The fourth-order valence-corrected chi connectivity index (χ4v) is 3.72. The third-order valence-electron chi connectivity index (χ3n) is 2.77. The topological polar surface area (TPSA) is 134 Å². The van der Waals surface area contributed by atoms with Gasteiger partial charge in [-0.25, -0.2) is 0 Å². The Balaban J connectivity index is 1.56. The minimum atomic E-state index is -0.544. The molecule has 130 valence electrons. The molecule has 0 aromatic carbocycles. The van der Waals surface area contributed by atoms with Crippen LogP contribution in [0.15, 0.2) is 37.1 Å². The zero-order chi connectivity index (χ0) is 17.5. The number of nitrogens with one attached hydrogen (secondary N) is 1. The van der Waals surface area contributed by atoms with E-state index in [1.54, 1.807) is 37.8 Å². The Hall–Kier alpha value is -2.83. The summed E-state index contributed by atoms with van der Waals surface area (Å²) in [6.07, 6.45) is 6.29. The molecule has 0 aliphatic rings. The molecule has 0 radical (unpaired) electrons. The number of ether oxygens (including phenoxy) is 2. The van der Waals surface area contributed by atoms with E-state index in [1.165, 1.54) is 6.33 Å². The van der Waals surface area contributed by atoms with E-state index in [0.717, 1.165) is 7.27 Å². The van der Waals surface area contributed by atoms with E-state index in [1.807, 2.05) is 0 Å². The summed E-state index contributed by atoms with van der Waals surface area (Å²) in [5.74, 6) is 1.87. The SMILES string of the molecule is COc1cnc(NCOc2cc([I-]c3cnnc(N)c3)ncn2)nc1. The monoisotopic (exact) mass is 453 g/mol. The minimum absolute atomic E-state index is 0.171. The fraction of sp³-hybridized carbons (Fsp3) is 0.143. The van der Waals surface area contributed by atoms with Gasteiger partial charge in [0.05, 0.1) is 0 Å². The zero-order valence-corrected chi connectivity index (χ0v) is 15.3. The van der Waals surface area contributed by atoms with E-state index in [9.17, 15) is 0 Å². The number of hydrogen-bond acceptors (Lipinski definition) is 10. The van der Waals surface area contributed by atoms with Crippen molar-refractivity contribution in [2.75, 3.05) is 24.9 Å². The van der Waals surface area contributed by atoms with Gasteiger partial charge >= 0.3 is 153 Å². The molecule has 0 fully saturated rings. The third kappa shape index (κ3) is 5.07. The second kappa shape index (κ2) is 8.32. The molecule has 0 atom stereocenters. The van der Waals surface area contributed by atoms with Gasteiger partial charge in [-0.05, 0) is 0 Å². The number of nitrogens with zero attached hydrogens (tertiary/aromatic N) is 6. The van der Waals surface area contributed by atoms with Crippen molar-refractivity contribution >= 4 is 11.8 Å². The molecule has 3 aromatic rings. The molecule has 0 aliphatic heterocycles. The average molecular weight is 453 g/mol. The molecular weight excluding hydrogens is 439 g/mol. The quantitative estimate of drug-likeness (QED) is 0.220. The number of aromatic nitrogens is 6. The number of rotatable bonds is 7. The molecule has 0 saturated heterocycles. The number of hydrogen-bond donors (Lipinski definition) is 2. The Labute approximate surface area is 153 Å². The molecule has 3 N–H and O–H groups in total. The zero-order valence-electron chi connectivity index (χ0n) is 13.1. The average Bonchev–Trinajstić information content (AvgIpc) is 2.63. The number of nitrogen functional groups attached to an aromatic ring is 1. The van der Waals surface area contributed by atoms with Crippen LogP contribution >= 0.6 is 0 Å². The molecule has 11 heteroatoms. The second-order valence-corrected chi connectivity index (χ2v) is 7.37. The van der Waals surface area contributed by atoms with Crippen LogP contribution in [0.25, 0.3) is 0 Å². The van der Waals surface area contributed by atoms with Gasteiger partial charge in [0.15, 0.2) is 0 Å². The van der Waals surface area contributed by atoms with Gasteiger partial charge in [0.2, 0.25) is 0 Å². The number of anilines is 2. The van der Waals surface area contributed by atoms with Gasteiger partial charge in [-0.15, -0.1) is 0 Å². The van der Waals surface area contributed by atoms with Crippen LogP contribution in [0.1, 0.15) is 0 Å². The van der Waals surface area contributed by atoms with Crippen molar-refractivity contribution in [3.8, 4) is 11.6 Å². The predicted molar refractivity (Wildman–Crippen MR) is 83.6 cm³/mol. The molecule has 3 heterocycles. The van der Waals surface area contributed by atoms with Crippen molar-refractivity contribution in [1.29, 1.82) is 0 Å². The number of nitrogens with two attached hydrogens (primary N) is 1. The Bertz CT molecular complexity index is 833. The molecule has 3 rings (SSSR count). The molecule has 25 heavy (non-hydrogen) atoms. The summed E-state index contributed by atoms with van der Waals surface area (Å²) in [5, 5.41) is 10.5. The third-order valence-corrected chi connectivity index (χ3v) is 5.12. The Morgan fingerprint density at radius 1 is 1.12 bits per heavy atom. The van der Waals surface area contributed by atoms with E-state index in [4.69, 9.17) is 15.2 Å². The van der Waals surface area contributed by atoms with Crippen LogP contribution < -0.4 is 41.7 Å². The van der Waals surface area contributed by atoms with Crippen LogP contribution in [0.2, 0.25) is 0 Å². The molecular formula is C14H14IN8O2-. The summed E-state index contributed by atoms with van der Waals surface area (Å²) < 4.78 is 12.5. The van der Waals surface area contributed by atoms with Crippen LogP contribution in [0, 0.1) is 7.27 Å². The van der Waals surface area contributed by atoms with E-state index in [-0.39, 0.29) is 6.73 Å². The van der Waals surface area contributed by atoms with Crippen LogP contribution in [0.4, 0.5) is 11.8 Å². The summed E-state index contributed by atoms with van der Waals surface area (Å²) in [6, 6.07) is 3.59. The van der Waals surface area contributed by atoms with Crippen LogP contribution in [-0.4, -0.2) is 44.0 Å². The summed E-state index contributed by atoms with van der Waals surface area (Å²) >= 11 is -0.544.